The highest BCUT2D eigenvalue weighted by Crippen LogP contribution is 2.13. The van der Waals surface area contributed by atoms with E-state index in [9.17, 15) is 19.5 Å². The Morgan fingerprint density at radius 3 is 2.38 bits per heavy atom. The molecule has 1 aromatic rings. The van der Waals surface area contributed by atoms with Crippen molar-refractivity contribution in [2.45, 2.75) is 13.0 Å². The van der Waals surface area contributed by atoms with E-state index in [0.29, 0.717) is 5.56 Å². The number of benzene rings is 1. The third kappa shape index (κ3) is 4.88. The number of methoxy groups -OCH3 is 1. The number of aliphatic carboxylic acids is 1. The highest BCUT2D eigenvalue weighted by Gasteiger charge is 2.26. The SMILES string of the molecule is COCCN(C(C)=O)C(=O)NC(C(=O)O)c1ccccc1. The van der Waals surface area contributed by atoms with Gasteiger partial charge < -0.3 is 15.2 Å². The molecule has 3 amide bonds. The summed E-state index contributed by atoms with van der Waals surface area (Å²) in [6.45, 7) is 1.46. The van der Waals surface area contributed by atoms with Crippen LogP contribution in [0.1, 0.15) is 18.5 Å². The highest BCUT2D eigenvalue weighted by molar-refractivity contribution is 5.95. The van der Waals surface area contributed by atoms with Gasteiger partial charge >= 0.3 is 12.0 Å². The van der Waals surface area contributed by atoms with Gasteiger partial charge in [-0.05, 0) is 5.56 Å². The van der Waals surface area contributed by atoms with Crippen molar-refractivity contribution in [2.75, 3.05) is 20.3 Å². The summed E-state index contributed by atoms with van der Waals surface area (Å²) in [7, 11) is 1.44. The van der Waals surface area contributed by atoms with Crippen LogP contribution in [0, 0.1) is 0 Å². The summed E-state index contributed by atoms with van der Waals surface area (Å²) in [6.07, 6.45) is 0. The van der Waals surface area contributed by atoms with E-state index >= 15 is 0 Å². The fourth-order valence-corrected chi connectivity index (χ4v) is 1.72. The molecule has 1 unspecified atom stereocenters. The maximum atomic E-state index is 12.1. The zero-order valence-corrected chi connectivity index (χ0v) is 11.9. The first-order valence-corrected chi connectivity index (χ1v) is 6.32. The van der Waals surface area contributed by atoms with E-state index in [1.165, 1.54) is 14.0 Å². The average molecular weight is 294 g/mol. The predicted octanol–water partition coefficient (Wildman–Crippen LogP) is 1.02. The summed E-state index contributed by atoms with van der Waals surface area (Å²) < 4.78 is 4.82. The van der Waals surface area contributed by atoms with Crippen molar-refractivity contribution in [2.24, 2.45) is 0 Å². The van der Waals surface area contributed by atoms with Crippen molar-refractivity contribution >= 4 is 17.9 Å². The molecule has 0 saturated heterocycles. The molecule has 1 atom stereocenters. The summed E-state index contributed by atoms with van der Waals surface area (Å²) in [5.41, 5.74) is 0.425. The number of imide groups is 1. The smallest absolute Gasteiger partial charge is 0.330 e. The van der Waals surface area contributed by atoms with Crippen LogP contribution in [0.3, 0.4) is 0 Å². The number of carbonyl (C=O) groups is 3. The van der Waals surface area contributed by atoms with Crippen molar-refractivity contribution in [1.82, 2.24) is 10.2 Å². The second-order valence-electron chi connectivity index (χ2n) is 4.29. The van der Waals surface area contributed by atoms with Crippen molar-refractivity contribution < 1.29 is 24.2 Å². The predicted molar refractivity (Wildman–Crippen MR) is 74.6 cm³/mol. The van der Waals surface area contributed by atoms with Crippen LogP contribution in [0.5, 0.6) is 0 Å². The Morgan fingerprint density at radius 1 is 1.29 bits per heavy atom. The molecule has 0 fully saturated rings. The van der Waals surface area contributed by atoms with E-state index in [1.807, 2.05) is 0 Å². The van der Waals surface area contributed by atoms with Crippen LogP contribution in [0.15, 0.2) is 30.3 Å². The molecule has 7 heteroatoms. The maximum Gasteiger partial charge on any atom is 0.330 e. The zero-order chi connectivity index (χ0) is 15.8. The highest BCUT2D eigenvalue weighted by atomic mass is 16.5. The number of hydrogen-bond donors (Lipinski definition) is 2. The number of urea groups is 1. The molecule has 0 heterocycles. The molecule has 2 N–H and O–H groups in total. The van der Waals surface area contributed by atoms with Gasteiger partial charge in [0.05, 0.1) is 13.2 Å². The Balaban J connectivity index is 2.85. The van der Waals surface area contributed by atoms with Gasteiger partial charge in [-0.25, -0.2) is 9.59 Å². The zero-order valence-electron chi connectivity index (χ0n) is 11.9. The molecular weight excluding hydrogens is 276 g/mol. The number of carboxylic acids is 1. The molecule has 0 radical (unpaired) electrons. The molecule has 0 aliphatic rings. The minimum atomic E-state index is -1.22. The van der Waals surface area contributed by atoms with Gasteiger partial charge in [-0.1, -0.05) is 30.3 Å². The molecule has 0 saturated carbocycles. The molecule has 21 heavy (non-hydrogen) atoms. The van der Waals surface area contributed by atoms with Gasteiger partial charge in [-0.2, -0.15) is 0 Å². The van der Waals surface area contributed by atoms with Crippen LogP contribution in [-0.2, 0) is 14.3 Å². The molecule has 114 valence electrons. The molecule has 0 aliphatic heterocycles. The molecule has 0 aromatic heterocycles. The van der Waals surface area contributed by atoms with Crippen molar-refractivity contribution in [1.29, 1.82) is 0 Å². The fraction of sp³-hybridized carbons (Fsp3) is 0.357. The van der Waals surface area contributed by atoms with Crippen molar-refractivity contribution in [3.8, 4) is 0 Å². The Morgan fingerprint density at radius 2 is 1.90 bits per heavy atom. The third-order valence-electron chi connectivity index (χ3n) is 2.79. The van der Waals surface area contributed by atoms with Crippen LogP contribution in [-0.4, -0.2) is 48.2 Å². The van der Waals surface area contributed by atoms with E-state index in [4.69, 9.17) is 4.74 Å². The molecule has 7 nitrogen and oxygen atoms in total. The molecular formula is C14H18N2O5. The number of nitrogens with one attached hydrogen (secondary N) is 1. The monoisotopic (exact) mass is 294 g/mol. The van der Waals surface area contributed by atoms with E-state index in [0.717, 1.165) is 4.90 Å². The molecule has 1 aromatic carbocycles. The van der Waals surface area contributed by atoms with Crippen molar-refractivity contribution in [3.05, 3.63) is 35.9 Å². The van der Waals surface area contributed by atoms with Gasteiger partial charge in [-0.15, -0.1) is 0 Å². The minimum Gasteiger partial charge on any atom is -0.479 e. The van der Waals surface area contributed by atoms with Gasteiger partial charge in [0, 0.05) is 14.0 Å². The summed E-state index contributed by atoms with van der Waals surface area (Å²) >= 11 is 0. The van der Waals surface area contributed by atoms with E-state index in [-0.39, 0.29) is 13.2 Å². The first-order valence-electron chi connectivity index (χ1n) is 6.32. The molecule has 0 aliphatic carbocycles. The van der Waals surface area contributed by atoms with Crippen LogP contribution in [0.2, 0.25) is 0 Å². The topological polar surface area (TPSA) is 95.9 Å². The third-order valence-corrected chi connectivity index (χ3v) is 2.79. The standard InChI is InChI=1S/C14H18N2O5/c1-10(17)16(8-9-21-2)14(20)15-12(13(18)19)11-6-4-3-5-7-11/h3-7,12H,8-9H2,1-2H3,(H,15,20)(H,18,19). The first-order chi connectivity index (χ1) is 9.97. The Labute approximate surface area is 122 Å². The van der Waals surface area contributed by atoms with Crippen LogP contribution < -0.4 is 5.32 Å². The summed E-state index contributed by atoms with van der Waals surface area (Å²) in [4.78, 5) is 35.7. The largest absolute Gasteiger partial charge is 0.479 e. The van der Waals surface area contributed by atoms with Gasteiger partial charge in [-0.3, -0.25) is 9.69 Å². The summed E-state index contributed by atoms with van der Waals surface area (Å²) in [5.74, 6) is -1.69. The number of carbonyl (C=O) groups excluding carboxylic acids is 2. The maximum absolute atomic E-state index is 12.1. The second kappa shape index (κ2) is 8.01. The molecule has 0 spiro atoms. The lowest BCUT2D eigenvalue weighted by Gasteiger charge is -2.22. The second-order valence-corrected chi connectivity index (χ2v) is 4.29. The van der Waals surface area contributed by atoms with Crippen LogP contribution in [0.25, 0.3) is 0 Å². The summed E-state index contributed by atoms with van der Waals surface area (Å²) in [6, 6.07) is 6.28. The van der Waals surface area contributed by atoms with Gasteiger partial charge in [0.15, 0.2) is 6.04 Å². The molecule has 1 rings (SSSR count). The number of ether oxygens (including phenoxy) is 1. The number of carboxylic acid groups (broad SMARTS) is 1. The normalized spacial score (nSPS) is 11.5. The Hall–Kier alpha value is -2.41. The molecule has 0 bridgehead atoms. The van der Waals surface area contributed by atoms with E-state index in [2.05, 4.69) is 5.32 Å². The average Bonchev–Trinajstić information content (AvgIpc) is 2.45. The number of hydrogen-bond acceptors (Lipinski definition) is 4. The van der Waals surface area contributed by atoms with Crippen LogP contribution >= 0.6 is 0 Å². The Kier molecular flexibility index (Phi) is 6.35. The number of rotatable bonds is 6. The fourth-order valence-electron chi connectivity index (χ4n) is 1.72. The minimum absolute atomic E-state index is 0.0544. The van der Waals surface area contributed by atoms with Crippen LogP contribution in [0.4, 0.5) is 4.79 Å². The van der Waals surface area contributed by atoms with Gasteiger partial charge in [0.25, 0.3) is 0 Å². The lowest BCUT2D eigenvalue weighted by molar-refractivity contribution is -0.139. The van der Waals surface area contributed by atoms with E-state index < -0.39 is 23.9 Å². The van der Waals surface area contributed by atoms with Gasteiger partial charge in [0.2, 0.25) is 5.91 Å². The van der Waals surface area contributed by atoms with E-state index in [1.54, 1.807) is 30.3 Å². The Bertz CT molecular complexity index is 503. The van der Waals surface area contributed by atoms with Gasteiger partial charge in [0.1, 0.15) is 0 Å². The number of amides is 3. The lowest BCUT2D eigenvalue weighted by atomic mass is 10.1. The quantitative estimate of drug-likeness (QED) is 0.816. The lowest BCUT2D eigenvalue weighted by Crippen LogP contribution is -2.47. The van der Waals surface area contributed by atoms with Crippen molar-refractivity contribution in [3.63, 3.8) is 0 Å². The first kappa shape index (κ1) is 16.6. The summed E-state index contributed by atoms with van der Waals surface area (Å²) in [5, 5.41) is 11.6. The number of nitrogens with zero attached hydrogens (tertiary/aromatic N) is 1.